The fraction of sp³-hybridized carbons (Fsp3) is 0.444. The first kappa shape index (κ1) is 12.2. The van der Waals surface area contributed by atoms with Crippen LogP contribution in [-0.2, 0) is 0 Å². The second-order valence-electron chi connectivity index (χ2n) is 3.19. The third kappa shape index (κ3) is 2.37. The van der Waals surface area contributed by atoms with Gasteiger partial charge < -0.3 is 14.3 Å². The summed E-state index contributed by atoms with van der Waals surface area (Å²) in [7, 11) is 1.29. The summed E-state index contributed by atoms with van der Waals surface area (Å²) < 4.78 is 9.55. The number of nitrogens with zero attached hydrogens (tertiary/aromatic N) is 1. The molecule has 0 amide bonds. The number of hydrogen-bond donors (Lipinski definition) is 1. The van der Waals surface area contributed by atoms with E-state index in [4.69, 9.17) is 4.42 Å². The Bertz CT molecular complexity index is 440. The van der Waals surface area contributed by atoms with Crippen LogP contribution in [0, 0.1) is 10.1 Å². The zero-order valence-electron chi connectivity index (χ0n) is 8.75. The van der Waals surface area contributed by atoms with Crippen molar-refractivity contribution in [2.75, 3.05) is 7.11 Å². The number of aliphatic hydroxyl groups is 1. The molecule has 0 unspecified atom stereocenters. The van der Waals surface area contributed by atoms with E-state index in [1.54, 1.807) is 0 Å². The second-order valence-corrected chi connectivity index (χ2v) is 3.19. The Morgan fingerprint density at radius 1 is 1.62 bits per heavy atom. The van der Waals surface area contributed by atoms with Crippen molar-refractivity contribution in [1.82, 2.24) is 0 Å². The summed E-state index contributed by atoms with van der Waals surface area (Å²) in [5.41, 5.74) is -0.502. The van der Waals surface area contributed by atoms with Crippen molar-refractivity contribution in [3.8, 4) is 5.75 Å². The van der Waals surface area contributed by atoms with Crippen LogP contribution in [0.2, 0.25) is 0 Å². The van der Waals surface area contributed by atoms with Gasteiger partial charge in [-0.1, -0.05) is 0 Å². The molecule has 0 spiro atoms. The van der Waals surface area contributed by atoms with Gasteiger partial charge in [0.05, 0.1) is 7.11 Å². The van der Waals surface area contributed by atoms with Crippen LogP contribution >= 0.6 is 0 Å². The average Bonchev–Trinajstić information content (AvgIpc) is 2.26. The Hall–Kier alpha value is -1.89. The molecular formula is C9H11NO6. The molecule has 1 rings (SSSR count). The van der Waals surface area contributed by atoms with E-state index in [-0.39, 0.29) is 11.5 Å². The monoisotopic (exact) mass is 229 g/mol. The maximum Gasteiger partial charge on any atom is 0.243 e. The molecule has 7 heteroatoms. The summed E-state index contributed by atoms with van der Waals surface area (Å²) in [5.74, 6) is -0.181. The molecule has 1 aromatic heterocycles. The fourth-order valence-corrected chi connectivity index (χ4v) is 1.07. The predicted octanol–water partition coefficient (Wildman–Crippen LogP) is 0.347. The molecule has 1 heterocycles. The molecule has 7 nitrogen and oxygen atoms in total. The highest BCUT2D eigenvalue weighted by Crippen LogP contribution is 2.18. The lowest BCUT2D eigenvalue weighted by molar-refractivity contribution is -0.531. The van der Waals surface area contributed by atoms with E-state index < -0.39 is 22.5 Å². The molecule has 2 atom stereocenters. The van der Waals surface area contributed by atoms with Gasteiger partial charge >= 0.3 is 0 Å². The number of methoxy groups -OCH3 is 1. The quantitative estimate of drug-likeness (QED) is 0.590. The van der Waals surface area contributed by atoms with Crippen molar-refractivity contribution in [1.29, 1.82) is 0 Å². The van der Waals surface area contributed by atoms with Gasteiger partial charge in [0.1, 0.15) is 12.0 Å². The highest BCUT2D eigenvalue weighted by atomic mass is 16.6. The summed E-state index contributed by atoms with van der Waals surface area (Å²) in [6.45, 7) is 1.22. The first-order valence-corrected chi connectivity index (χ1v) is 4.45. The van der Waals surface area contributed by atoms with E-state index in [9.17, 15) is 20.0 Å². The van der Waals surface area contributed by atoms with E-state index in [0.717, 1.165) is 12.3 Å². The Labute approximate surface area is 90.4 Å². The molecule has 0 saturated carbocycles. The average molecular weight is 229 g/mol. The molecule has 0 bridgehead atoms. The van der Waals surface area contributed by atoms with Crippen molar-refractivity contribution >= 4 is 0 Å². The minimum Gasteiger partial charge on any atom is -0.490 e. The van der Waals surface area contributed by atoms with Crippen LogP contribution in [0.15, 0.2) is 21.5 Å². The molecule has 0 aromatic carbocycles. The van der Waals surface area contributed by atoms with Crippen LogP contribution in [-0.4, -0.2) is 23.2 Å². The van der Waals surface area contributed by atoms with Gasteiger partial charge in [0.2, 0.25) is 17.2 Å². The highest BCUT2D eigenvalue weighted by molar-refractivity contribution is 5.18. The molecule has 1 N–H and O–H groups in total. The number of nitro groups is 1. The van der Waals surface area contributed by atoms with Gasteiger partial charge in [-0.05, 0) is 0 Å². The lowest BCUT2D eigenvalue weighted by Gasteiger charge is -2.10. The van der Waals surface area contributed by atoms with Crippen molar-refractivity contribution in [3.63, 3.8) is 0 Å². The summed E-state index contributed by atoms with van der Waals surface area (Å²) in [6, 6.07) is -0.278. The van der Waals surface area contributed by atoms with Crippen LogP contribution in [0.4, 0.5) is 0 Å². The van der Waals surface area contributed by atoms with Gasteiger partial charge in [-0.15, -0.1) is 0 Å². The summed E-state index contributed by atoms with van der Waals surface area (Å²) >= 11 is 0. The summed E-state index contributed by atoms with van der Waals surface area (Å²) in [6.07, 6.45) is -0.457. The lowest BCUT2D eigenvalue weighted by Crippen LogP contribution is -2.24. The first-order chi connectivity index (χ1) is 7.47. The zero-order valence-corrected chi connectivity index (χ0v) is 8.75. The van der Waals surface area contributed by atoms with Gasteiger partial charge in [-0.25, -0.2) is 0 Å². The molecule has 0 aliphatic heterocycles. The third-order valence-corrected chi connectivity index (χ3v) is 2.12. The number of rotatable bonds is 4. The number of hydrogen-bond acceptors (Lipinski definition) is 6. The Kier molecular flexibility index (Phi) is 3.62. The minimum absolute atomic E-state index is 0.0234. The molecule has 16 heavy (non-hydrogen) atoms. The minimum atomic E-state index is -1.46. The fourth-order valence-electron chi connectivity index (χ4n) is 1.07. The molecule has 0 saturated heterocycles. The van der Waals surface area contributed by atoms with Crippen molar-refractivity contribution in [3.05, 3.63) is 38.4 Å². The second kappa shape index (κ2) is 4.75. The SMILES string of the molecule is COc1coc([C@H](O)[C@H](C)[N+](=O)[O-])cc1=O. The number of aliphatic hydroxyl groups excluding tert-OH is 1. The van der Waals surface area contributed by atoms with Crippen LogP contribution in [0.5, 0.6) is 5.75 Å². The summed E-state index contributed by atoms with van der Waals surface area (Å²) in [5, 5.41) is 20.0. The molecule has 0 radical (unpaired) electrons. The van der Waals surface area contributed by atoms with Crippen LogP contribution in [0.3, 0.4) is 0 Å². The zero-order chi connectivity index (χ0) is 12.3. The van der Waals surface area contributed by atoms with Crippen LogP contribution in [0.1, 0.15) is 18.8 Å². The summed E-state index contributed by atoms with van der Waals surface area (Å²) in [4.78, 5) is 21.1. The number of ether oxygens (including phenoxy) is 1. The Balaban J connectivity index is 3.02. The van der Waals surface area contributed by atoms with Crippen molar-refractivity contribution in [2.45, 2.75) is 19.1 Å². The van der Waals surface area contributed by atoms with Crippen LogP contribution < -0.4 is 10.2 Å². The Morgan fingerprint density at radius 2 is 2.25 bits per heavy atom. The Morgan fingerprint density at radius 3 is 2.69 bits per heavy atom. The van der Waals surface area contributed by atoms with E-state index >= 15 is 0 Å². The maximum atomic E-state index is 11.3. The lowest BCUT2D eigenvalue weighted by atomic mass is 10.1. The molecule has 88 valence electrons. The van der Waals surface area contributed by atoms with E-state index in [1.807, 2.05) is 0 Å². The molecule has 0 aliphatic carbocycles. The van der Waals surface area contributed by atoms with Gasteiger partial charge in [0.25, 0.3) is 0 Å². The first-order valence-electron chi connectivity index (χ1n) is 4.45. The van der Waals surface area contributed by atoms with Crippen molar-refractivity contribution < 1.29 is 19.2 Å². The molecule has 0 fully saturated rings. The standard InChI is InChI=1S/C9H11NO6/c1-5(10(13)14)9(12)7-3-6(11)8(15-2)4-16-7/h3-5,9,12H,1-2H3/t5-,9+/m0/s1. The van der Waals surface area contributed by atoms with Crippen molar-refractivity contribution in [2.24, 2.45) is 0 Å². The van der Waals surface area contributed by atoms with Gasteiger partial charge in [-0.3, -0.25) is 14.9 Å². The van der Waals surface area contributed by atoms with E-state index in [2.05, 4.69) is 4.74 Å². The van der Waals surface area contributed by atoms with Crippen LogP contribution in [0.25, 0.3) is 0 Å². The third-order valence-electron chi connectivity index (χ3n) is 2.12. The normalized spacial score (nSPS) is 14.2. The smallest absolute Gasteiger partial charge is 0.243 e. The maximum absolute atomic E-state index is 11.3. The van der Waals surface area contributed by atoms with Gasteiger partial charge in [-0.2, -0.15) is 0 Å². The topological polar surface area (TPSA) is 103 Å². The predicted molar refractivity (Wildman–Crippen MR) is 52.9 cm³/mol. The largest absolute Gasteiger partial charge is 0.490 e. The molecule has 0 aliphatic rings. The molecule has 1 aromatic rings. The van der Waals surface area contributed by atoms with Gasteiger partial charge in [0, 0.05) is 17.9 Å². The van der Waals surface area contributed by atoms with E-state index in [1.165, 1.54) is 14.0 Å². The molecular weight excluding hydrogens is 218 g/mol. The highest BCUT2D eigenvalue weighted by Gasteiger charge is 2.28. The van der Waals surface area contributed by atoms with E-state index in [0.29, 0.717) is 0 Å². The van der Waals surface area contributed by atoms with Gasteiger partial charge in [0.15, 0.2) is 6.10 Å².